The normalized spacial score (nSPS) is 12.3. The van der Waals surface area contributed by atoms with E-state index in [9.17, 15) is 0 Å². The molecule has 22 heavy (non-hydrogen) atoms. The van der Waals surface area contributed by atoms with Crippen LogP contribution in [0.1, 0.15) is 46.2 Å². The Morgan fingerprint density at radius 3 is 2.41 bits per heavy atom. The first kappa shape index (κ1) is 14.7. The second kappa shape index (κ2) is 5.20. The topological polar surface area (TPSA) is 43.6 Å². The van der Waals surface area contributed by atoms with E-state index in [0.29, 0.717) is 6.04 Å². The average Bonchev–Trinajstić information content (AvgIpc) is 2.95. The summed E-state index contributed by atoms with van der Waals surface area (Å²) >= 11 is 0. The summed E-state index contributed by atoms with van der Waals surface area (Å²) in [7, 11) is 0. The molecule has 4 heteroatoms. The summed E-state index contributed by atoms with van der Waals surface area (Å²) in [6.45, 7) is 10.8. The molecule has 1 aromatic carbocycles. The minimum Gasteiger partial charge on any atom is -0.249 e. The molecule has 0 fully saturated rings. The Hall–Kier alpha value is -2.23. The molecule has 0 bridgehead atoms. The predicted octanol–water partition coefficient (Wildman–Crippen LogP) is 4.37. The number of hydrogen-bond donors (Lipinski definition) is 0. The zero-order valence-corrected chi connectivity index (χ0v) is 13.8. The fourth-order valence-corrected chi connectivity index (χ4v) is 2.38. The highest BCUT2D eigenvalue weighted by Gasteiger charge is 2.14. The first-order valence-corrected chi connectivity index (χ1v) is 7.68. The lowest BCUT2D eigenvalue weighted by Gasteiger charge is -2.19. The van der Waals surface area contributed by atoms with Gasteiger partial charge in [0, 0.05) is 11.4 Å². The quantitative estimate of drug-likeness (QED) is 0.705. The third-order valence-corrected chi connectivity index (χ3v) is 3.86. The highest BCUT2D eigenvalue weighted by molar-refractivity contribution is 5.82. The maximum absolute atomic E-state index is 4.73. The summed E-state index contributed by atoms with van der Waals surface area (Å²) in [5.41, 5.74) is 4.13. The standard InChI is InChI=1S/C18H22N4/c1-12(2)22-11-17(20-21-22)16-8-6-13-10-14(18(3,4)5)7-9-15(13)19-16/h6-12H,1-5H3. The molecule has 2 heterocycles. The van der Waals surface area contributed by atoms with Crippen molar-refractivity contribution in [3.05, 3.63) is 42.1 Å². The lowest BCUT2D eigenvalue weighted by Crippen LogP contribution is -2.10. The fraction of sp³-hybridized carbons (Fsp3) is 0.389. The molecule has 0 aliphatic heterocycles. The van der Waals surface area contributed by atoms with Gasteiger partial charge in [0.25, 0.3) is 0 Å². The highest BCUT2D eigenvalue weighted by atomic mass is 15.4. The van der Waals surface area contributed by atoms with Crippen LogP contribution in [0.25, 0.3) is 22.3 Å². The van der Waals surface area contributed by atoms with Crippen LogP contribution in [-0.2, 0) is 5.41 Å². The molecule has 3 aromatic rings. The number of rotatable bonds is 2. The van der Waals surface area contributed by atoms with Gasteiger partial charge in [-0.25, -0.2) is 9.67 Å². The molecule has 3 rings (SSSR count). The Balaban J connectivity index is 2.02. The van der Waals surface area contributed by atoms with Crippen LogP contribution in [0.2, 0.25) is 0 Å². The van der Waals surface area contributed by atoms with E-state index in [0.717, 1.165) is 22.3 Å². The summed E-state index contributed by atoms with van der Waals surface area (Å²) in [6.07, 6.45) is 1.95. The molecule has 0 saturated carbocycles. The van der Waals surface area contributed by atoms with Gasteiger partial charge in [-0.05, 0) is 43.0 Å². The Kier molecular flexibility index (Phi) is 3.47. The van der Waals surface area contributed by atoms with Crippen LogP contribution in [0.4, 0.5) is 0 Å². The number of benzene rings is 1. The number of hydrogen-bond acceptors (Lipinski definition) is 3. The predicted molar refractivity (Wildman–Crippen MR) is 89.8 cm³/mol. The Labute approximate surface area is 131 Å². The van der Waals surface area contributed by atoms with E-state index in [1.807, 2.05) is 16.9 Å². The molecule has 0 atom stereocenters. The van der Waals surface area contributed by atoms with Crippen LogP contribution >= 0.6 is 0 Å². The zero-order chi connectivity index (χ0) is 15.9. The van der Waals surface area contributed by atoms with E-state index >= 15 is 0 Å². The SMILES string of the molecule is CC(C)n1cc(-c2ccc3cc(C(C)(C)C)ccc3n2)nn1. The third-order valence-electron chi connectivity index (χ3n) is 3.86. The second-order valence-corrected chi connectivity index (χ2v) is 7.03. The fourth-order valence-electron chi connectivity index (χ4n) is 2.38. The van der Waals surface area contributed by atoms with Crippen LogP contribution in [0, 0.1) is 0 Å². The minimum atomic E-state index is 0.146. The molecular weight excluding hydrogens is 272 g/mol. The summed E-state index contributed by atoms with van der Waals surface area (Å²) in [5, 5.41) is 9.53. The van der Waals surface area contributed by atoms with Gasteiger partial charge in [0.05, 0.1) is 17.4 Å². The molecular formula is C18H22N4. The van der Waals surface area contributed by atoms with E-state index < -0.39 is 0 Å². The molecule has 0 saturated heterocycles. The van der Waals surface area contributed by atoms with Crippen LogP contribution in [-0.4, -0.2) is 20.0 Å². The summed E-state index contributed by atoms with van der Waals surface area (Å²) in [5.74, 6) is 0. The van der Waals surface area contributed by atoms with Crippen molar-refractivity contribution in [3.8, 4) is 11.4 Å². The van der Waals surface area contributed by atoms with Crippen molar-refractivity contribution in [2.75, 3.05) is 0 Å². The molecule has 0 N–H and O–H groups in total. The molecule has 0 aliphatic carbocycles. The van der Waals surface area contributed by atoms with Crippen LogP contribution in [0.3, 0.4) is 0 Å². The lowest BCUT2D eigenvalue weighted by molar-refractivity contribution is 0.514. The minimum absolute atomic E-state index is 0.146. The Morgan fingerprint density at radius 1 is 1.00 bits per heavy atom. The number of fused-ring (bicyclic) bond motifs is 1. The number of aromatic nitrogens is 4. The summed E-state index contributed by atoms with van der Waals surface area (Å²) in [6, 6.07) is 10.9. The second-order valence-electron chi connectivity index (χ2n) is 7.03. The smallest absolute Gasteiger partial charge is 0.131 e. The van der Waals surface area contributed by atoms with Crippen molar-refractivity contribution in [1.82, 2.24) is 20.0 Å². The van der Waals surface area contributed by atoms with Crippen molar-refractivity contribution in [1.29, 1.82) is 0 Å². The Morgan fingerprint density at radius 2 is 1.77 bits per heavy atom. The molecule has 0 aliphatic rings. The van der Waals surface area contributed by atoms with Gasteiger partial charge in [-0.15, -0.1) is 5.10 Å². The van der Waals surface area contributed by atoms with Crippen molar-refractivity contribution >= 4 is 10.9 Å². The van der Waals surface area contributed by atoms with Crippen molar-refractivity contribution in [2.24, 2.45) is 0 Å². The van der Waals surface area contributed by atoms with E-state index in [-0.39, 0.29) is 5.41 Å². The summed E-state index contributed by atoms with van der Waals surface area (Å²) in [4.78, 5) is 4.73. The molecule has 0 amide bonds. The molecule has 4 nitrogen and oxygen atoms in total. The van der Waals surface area contributed by atoms with Crippen LogP contribution < -0.4 is 0 Å². The first-order chi connectivity index (χ1) is 10.3. The van der Waals surface area contributed by atoms with E-state index in [1.165, 1.54) is 5.56 Å². The third kappa shape index (κ3) is 2.73. The average molecular weight is 294 g/mol. The number of nitrogens with zero attached hydrogens (tertiary/aromatic N) is 4. The van der Waals surface area contributed by atoms with Gasteiger partial charge in [-0.1, -0.05) is 38.1 Å². The van der Waals surface area contributed by atoms with Crippen molar-refractivity contribution < 1.29 is 0 Å². The zero-order valence-electron chi connectivity index (χ0n) is 13.8. The van der Waals surface area contributed by atoms with Gasteiger partial charge in [0.15, 0.2) is 0 Å². The maximum Gasteiger partial charge on any atom is 0.131 e. The van der Waals surface area contributed by atoms with E-state index in [1.54, 1.807) is 0 Å². The van der Waals surface area contributed by atoms with Crippen LogP contribution in [0.15, 0.2) is 36.5 Å². The molecule has 0 unspecified atom stereocenters. The lowest BCUT2D eigenvalue weighted by atomic mass is 9.86. The summed E-state index contributed by atoms with van der Waals surface area (Å²) < 4.78 is 1.85. The molecule has 0 spiro atoms. The van der Waals surface area contributed by atoms with Gasteiger partial charge >= 0.3 is 0 Å². The highest BCUT2D eigenvalue weighted by Crippen LogP contribution is 2.27. The van der Waals surface area contributed by atoms with E-state index in [4.69, 9.17) is 4.98 Å². The van der Waals surface area contributed by atoms with Gasteiger partial charge in [-0.3, -0.25) is 0 Å². The molecule has 0 radical (unpaired) electrons. The molecule has 2 aromatic heterocycles. The van der Waals surface area contributed by atoms with Gasteiger partial charge in [0.1, 0.15) is 5.69 Å². The van der Waals surface area contributed by atoms with Crippen molar-refractivity contribution in [3.63, 3.8) is 0 Å². The van der Waals surface area contributed by atoms with E-state index in [2.05, 4.69) is 69.2 Å². The van der Waals surface area contributed by atoms with Gasteiger partial charge in [-0.2, -0.15) is 0 Å². The van der Waals surface area contributed by atoms with Gasteiger partial charge in [0.2, 0.25) is 0 Å². The monoisotopic (exact) mass is 294 g/mol. The first-order valence-electron chi connectivity index (χ1n) is 7.68. The van der Waals surface area contributed by atoms with Crippen LogP contribution in [0.5, 0.6) is 0 Å². The molecule has 114 valence electrons. The van der Waals surface area contributed by atoms with Crippen molar-refractivity contribution in [2.45, 2.75) is 46.1 Å². The number of pyridine rings is 1. The maximum atomic E-state index is 4.73. The Bertz CT molecular complexity index is 809. The van der Waals surface area contributed by atoms with Gasteiger partial charge < -0.3 is 0 Å². The largest absolute Gasteiger partial charge is 0.249 e.